The largest absolute Gasteiger partial charge is 0.548 e. The second kappa shape index (κ2) is 7.10. The van der Waals surface area contributed by atoms with Gasteiger partial charge in [-0.3, -0.25) is 0 Å². The molecule has 0 saturated carbocycles. The number of benzene rings is 2. The maximum Gasteiger partial charge on any atom is 0.407 e. The van der Waals surface area contributed by atoms with Crippen LogP contribution in [-0.2, 0) is 9.53 Å². The van der Waals surface area contributed by atoms with Crippen molar-refractivity contribution >= 4 is 12.1 Å². The molecule has 0 unspecified atom stereocenters. The fourth-order valence-electron chi connectivity index (χ4n) is 3.09. The van der Waals surface area contributed by atoms with Crippen LogP contribution in [0.2, 0.25) is 0 Å². The molecule has 2 aromatic carbocycles. The van der Waals surface area contributed by atoms with Crippen LogP contribution in [0, 0.1) is 12.3 Å². The average molecular weight is 334 g/mol. The summed E-state index contributed by atoms with van der Waals surface area (Å²) in [6.45, 7) is 0.107. The summed E-state index contributed by atoms with van der Waals surface area (Å²) in [4.78, 5) is 22.9. The number of ether oxygens (including phenoxy) is 1. The number of aliphatic carboxylic acids is 1. The molecule has 0 radical (unpaired) electrons. The number of carboxylic acids is 1. The van der Waals surface area contributed by atoms with Crippen LogP contribution in [0.5, 0.6) is 0 Å². The smallest absolute Gasteiger partial charge is 0.407 e. The topological polar surface area (TPSA) is 78.5 Å². The number of carbonyl (C=O) groups is 2. The molecule has 0 spiro atoms. The Morgan fingerprint density at radius 1 is 1.12 bits per heavy atom. The van der Waals surface area contributed by atoms with E-state index in [4.69, 9.17) is 11.2 Å². The molecule has 0 saturated heterocycles. The van der Waals surface area contributed by atoms with E-state index in [-0.39, 0.29) is 18.9 Å². The van der Waals surface area contributed by atoms with Crippen molar-refractivity contribution in [2.24, 2.45) is 0 Å². The number of terminal acetylenes is 1. The Morgan fingerprint density at radius 2 is 1.68 bits per heavy atom. The number of amides is 1. The number of hydrogen-bond acceptors (Lipinski definition) is 4. The lowest BCUT2D eigenvalue weighted by molar-refractivity contribution is -0.308. The van der Waals surface area contributed by atoms with Gasteiger partial charge in [-0.25, -0.2) is 4.79 Å². The second-order valence-corrected chi connectivity index (χ2v) is 5.75. The van der Waals surface area contributed by atoms with E-state index in [2.05, 4.69) is 11.2 Å². The van der Waals surface area contributed by atoms with Gasteiger partial charge >= 0.3 is 6.09 Å². The Morgan fingerprint density at radius 3 is 2.20 bits per heavy atom. The number of hydrogen-bond donors (Lipinski definition) is 1. The van der Waals surface area contributed by atoms with Gasteiger partial charge < -0.3 is 20.0 Å². The summed E-state index contributed by atoms with van der Waals surface area (Å²) in [7, 11) is 0. The summed E-state index contributed by atoms with van der Waals surface area (Å²) in [5, 5.41) is 13.2. The van der Waals surface area contributed by atoms with E-state index in [1.807, 2.05) is 48.5 Å². The molecular weight excluding hydrogens is 318 g/mol. The lowest BCUT2D eigenvalue weighted by Gasteiger charge is -2.19. The van der Waals surface area contributed by atoms with Crippen molar-refractivity contribution in [2.45, 2.75) is 18.4 Å². The van der Waals surface area contributed by atoms with Gasteiger partial charge in [0, 0.05) is 12.3 Å². The molecule has 126 valence electrons. The highest BCUT2D eigenvalue weighted by atomic mass is 16.5. The van der Waals surface area contributed by atoms with Crippen LogP contribution in [0.3, 0.4) is 0 Å². The first-order valence-electron chi connectivity index (χ1n) is 7.87. The van der Waals surface area contributed by atoms with Crippen molar-refractivity contribution in [3.63, 3.8) is 0 Å². The Balaban J connectivity index is 1.72. The van der Waals surface area contributed by atoms with Crippen LogP contribution in [0.25, 0.3) is 11.1 Å². The van der Waals surface area contributed by atoms with Crippen molar-refractivity contribution in [3.05, 3.63) is 59.7 Å². The van der Waals surface area contributed by atoms with E-state index in [0.717, 1.165) is 22.3 Å². The van der Waals surface area contributed by atoms with Crippen LogP contribution >= 0.6 is 0 Å². The summed E-state index contributed by atoms with van der Waals surface area (Å²) < 4.78 is 5.26. The molecule has 25 heavy (non-hydrogen) atoms. The third-order valence-electron chi connectivity index (χ3n) is 4.24. The van der Waals surface area contributed by atoms with Crippen LogP contribution < -0.4 is 10.4 Å². The summed E-state index contributed by atoms with van der Waals surface area (Å²) >= 11 is 0. The van der Waals surface area contributed by atoms with Gasteiger partial charge in [0.2, 0.25) is 0 Å². The maximum atomic E-state index is 11.9. The molecule has 5 heteroatoms. The monoisotopic (exact) mass is 334 g/mol. The van der Waals surface area contributed by atoms with Crippen LogP contribution in [-0.4, -0.2) is 24.7 Å². The van der Waals surface area contributed by atoms with Gasteiger partial charge in [-0.15, -0.1) is 12.3 Å². The van der Waals surface area contributed by atoms with Crippen LogP contribution in [0.1, 0.15) is 23.5 Å². The zero-order valence-electron chi connectivity index (χ0n) is 13.4. The van der Waals surface area contributed by atoms with Crippen molar-refractivity contribution in [1.29, 1.82) is 0 Å². The van der Waals surface area contributed by atoms with E-state index >= 15 is 0 Å². The van der Waals surface area contributed by atoms with Crippen LogP contribution in [0.4, 0.5) is 4.79 Å². The Kier molecular flexibility index (Phi) is 4.71. The first kappa shape index (κ1) is 16.6. The molecular formula is C20H16NO4-. The van der Waals surface area contributed by atoms with E-state index < -0.39 is 18.1 Å². The molecule has 3 rings (SSSR count). The Hall–Kier alpha value is -3.26. The first-order chi connectivity index (χ1) is 12.1. The van der Waals surface area contributed by atoms with Crippen molar-refractivity contribution in [1.82, 2.24) is 5.32 Å². The molecule has 1 atom stereocenters. The fraction of sp³-hybridized carbons (Fsp3) is 0.200. The standard InChI is InChI=1S/C20H17NO4/c1-2-7-18(19(22)23)21-20(24)25-12-17-15-10-5-3-8-13(15)14-9-4-6-11-16(14)17/h1,3-6,8-11,17-18H,7,12H2,(H,21,24)(H,22,23)/p-1/t18-/m1/s1. The number of fused-ring (bicyclic) bond motifs is 3. The minimum absolute atomic E-state index is 0.0906. The number of carboxylic acid groups (broad SMARTS) is 1. The normalized spacial score (nSPS) is 13.2. The van der Waals surface area contributed by atoms with Gasteiger partial charge in [0.1, 0.15) is 6.61 Å². The molecule has 1 aliphatic rings. The molecule has 1 N–H and O–H groups in total. The first-order valence-corrected chi connectivity index (χ1v) is 7.87. The molecule has 2 aromatic rings. The van der Waals surface area contributed by atoms with Gasteiger partial charge in [0.05, 0.1) is 12.0 Å². The highest BCUT2D eigenvalue weighted by Gasteiger charge is 2.29. The predicted molar refractivity (Wildman–Crippen MR) is 90.4 cm³/mol. The predicted octanol–water partition coefficient (Wildman–Crippen LogP) is 1.67. The molecule has 0 aromatic heterocycles. The number of rotatable bonds is 5. The van der Waals surface area contributed by atoms with E-state index in [9.17, 15) is 14.7 Å². The minimum atomic E-state index is -1.44. The minimum Gasteiger partial charge on any atom is -0.548 e. The van der Waals surface area contributed by atoms with Gasteiger partial charge in [-0.2, -0.15) is 0 Å². The SMILES string of the molecule is C#CC[C@@H](NC(=O)OCC1c2ccccc2-c2ccccc21)C(=O)[O-]. The quantitative estimate of drug-likeness (QED) is 0.844. The van der Waals surface area contributed by atoms with E-state index in [1.54, 1.807) is 0 Å². The third kappa shape index (κ3) is 3.33. The molecule has 0 aliphatic heterocycles. The van der Waals surface area contributed by atoms with E-state index in [0.29, 0.717) is 0 Å². The number of carbonyl (C=O) groups excluding carboxylic acids is 2. The lowest BCUT2D eigenvalue weighted by atomic mass is 9.98. The van der Waals surface area contributed by atoms with Gasteiger partial charge in [0.15, 0.2) is 0 Å². The molecule has 0 heterocycles. The average Bonchev–Trinajstić information content (AvgIpc) is 2.93. The Labute approximate surface area is 145 Å². The highest BCUT2D eigenvalue weighted by molar-refractivity contribution is 5.80. The van der Waals surface area contributed by atoms with Gasteiger partial charge in [-0.1, -0.05) is 48.5 Å². The van der Waals surface area contributed by atoms with Crippen LogP contribution in [0.15, 0.2) is 48.5 Å². The summed E-state index contributed by atoms with van der Waals surface area (Å²) in [5.41, 5.74) is 4.40. The van der Waals surface area contributed by atoms with E-state index in [1.165, 1.54) is 0 Å². The molecule has 5 nitrogen and oxygen atoms in total. The third-order valence-corrected chi connectivity index (χ3v) is 4.24. The molecule has 0 fully saturated rings. The fourth-order valence-corrected chi connectivity index (χ4v) is 3.09. The molecule has 0 bridgehead atoms. The van der Waals surface area contributed by atoms with Crippen molar-refractivity contribution in [2.75, 3.05) is 6.61 Å². The number of nitrogens with one attached hydrogen (secondary N) is 1. The zero-order chi connectivity index (χ0) is 17.8. The van der Waals surface area contributed by atoms with Gasteiger partial charge in [-0.05, 0) is 22.3 Å². The van der Waals surface area contributed by atoms with Crippen molar-refractivity contribution in [3.8, 4) is 23.5 Å². The number of alkyl carbamates (subject to hydrolysis) is 1. The zero-order valence-corrected chi connectivity index (χ0v) is 13.4. The summed E-state index contributed by atoms with van der Waals surface area (Å²) in [6.07, 6.45) is 4.10. The Bertz CT molecular complexity index is 807. The van der Waals surface area contributed by atoms with Crippen molar-refractivity contribution < 1.29 is 19.4 Å². The lowest BCUT2D eigenvalue weighted by Crippen LogP contribution is -2.48. The molecule has 1 amide bonds. The maximum absolute atomic E-state index is 11.9. The second-order valence-electron chi connectivity index (χ2n) is 5.75. The summed E-state index contributed by atoms with van der Waals surface area (Å²) in [6, 6.07) is 14.6. The summed E-state index contributed by atoms with van der Waals surface area (Å²) in [5.74, 6) is 0.658. The van der Waals surface area contributed by atoms with Gasteiger partial charge in [0.25, 0.3) is 0 Å². The highest BCUT2D eigenvalue weighted by Crippen LogP contribution is 2.44. The molecule has 1 aliphatic carbocycles.